The average molecular weight is 531 g/mol. The second-order valence-corrected chi connectivity index (χ2v) is 11.3. The van der Waals surface area contributed by atoms with Crippen LogP contribution in [0.5, 0.6) is 5.75 Å². The van der Waals surface area contributed by atoms with Gasteiger partial charge in [-0.3, -0.25) is 9.36 Å². The number of rotatable bonds is 6. The molecule has 1 atom stereocenters. The molecule has 1 aliphatic rings. The third kappa shape index (κ3) is 5.15. The Labute approximate surface area is 210 Å². The van der Waals surface area contributed by atoms with E-state index in [0.717, 1.165) is 12.4 Å². The molecule has 0 spiro atoms. The summed E-state index contributed by atoms with van der Waals surface area (Å²) in [5.74, 6) is -1.12. The van der Waals surface area contributed by atoms with Gasteiger partial charge < -0.3 is 10.1 Å². The lowest BCUT2D eigenvalue weighted by molar-refractivity contribution is -0.0498. The predicted molar refractivity (Wildman–Crippen MR) is 130 cm³/mol. The highest BCUT2D eigenvalue weighted by Gasteiger charge is 2.39. The molecule has 0 aliphatic carbocycles. The number of ether oxygens (including phenoxy) is 1. The van der Waals surface area contributed by atoms with Gasteiger partial charge >= 0.3 is 6.61 Å². The van der Waals surface area contributed by atoms with Crippen molar-refractivity contribution in [1.82, 2.24) is 19.9 Å². The zero-order chi connectivity index (χ0) is 26.4. The molecule has 1 amide bonds. The summed E-state index contributed by atoms with van der Waals surface area (Å²) >= 11 is 0. The number of hydrogen-bond donors (Lipinski definition) is 1. The fourth-order valence-corrected chi connectivity index (χ4v) is 6.58. The summed E-state index contributed by atoms with van der Waals surface area (Å²) in [5, 5.41) is 3.47. The normalized spacial score (nSPS) is 18.8. The van der Waals surface area contributed by atoms with E-state index in [1.54, 1.807) is 48.0 Å². The number of hydrogen-bond acceptors (Lipinski definition) is 6. The van der Waals surface area contributed by atoms with Crippen molar-refractivity contribution in [2.24, 2.45) is 0 Å². The Hall–Kier alpha value is -3.93. The first-order valence-electron chi connectivity index (χ1n) is 11.2. The van der Waals surface area contributed by atoms with Crippen molar-refractivity contribution in [2.45, 2.75) is 25.5 Å². The number of carbonyl (C=O) groups excluding carboxylic acids is 1. The second kappa shape index (κ2) is 9.18. The van der Waals surface area contributed by atoms with Crippen LogP contribution in [-0.4, -0.2) is 52.5 Å². The van der Waals surface area contributed by atoms with Crippen LogP contribution in [0.2, 0.25) is 0 Å². The molecular formula is C25H21F3N4O4S. The van der Waals surface area contributed by atoms with Crippen LogP contribution in [0, 0.1) is 5.82 Å². The maximum absolute atomic E-state index is 13.5. The molecule has 12 heteroatoms. The van der Waals surface area contributed by atoms with Gasteiger partial charge in [0.2, 0.25) is 5.95 Å². The number of fused-ring (bicyclic) bond motifs is 1. The molecule has 1 saturated heterocycles. The lowest BCUT2D eigenvalue weighted by atomic mass is 10.0. The van der Waals surface area contributed by atoms with E-state index >= 15 is 0 Å². The van der Waals surface area contributed by atoms with Gasteiger partial charge in [-0.15, -0.1) is 0 Å². The molecule has 0 bridgehead atoms. The van der Waals surface area contributed by atoms with E-state index in [-0.39, 0.29) is 28.8 Å². The third-order valence-corrected chi connectivity index (χ3v) is 8.08. The van der Waals surface area contributed by atoms with Gasteiger partial charge in [0.15, 0.2) is 15.7 Å². The minimum atomic E-state index is -3.22. The van der Waals surface area contributed by atoms with Gasteiger partial charge in [0, 0.05) is 22.7 Å². The van der Waals surface area contributed by atoms with Crippen molar-refractivity contribution in [3.05, 3.63) is 72.4 Å². The molecule has 37 heavy (non-hydrogen) atoms. The maximum Gasteiger partial charge on any atom is 0.387 e. The highest BCUT2D eigenvalue weighted by molar-refractivity contribution is 7.91. The minimum Gasteiger partial charge on any atom is -0.435 e. The number of nitrogens with one attached hydrogen (secondary N) is 1. The molecule has 192 valence electrons. The molecule has 1 fully saturated rings. The monoisotopic (exact) mass is 530 g/mol. The molecule has 1 aliphatic heterocycles. The predicted octanol–water partition coefficient (Wildman–Crippen LogP) is 4.14. The summed E-state index contributed by atoms with van der Waals surface area (Å²) in [6.45, 7) is -1.29. The number of nitrogens with zero attached hydrogens (tertiary/aromatic N) is 3. The molecule has 0 radical (unpaired) electrons. The van der Waals surface area contributed by atoms with Crippen molar-refractivity contribution in [3.63, 3.8) is 0 Å². The Morgan fingerprint density at radius 3 is 2.59 bits per heavy atom. The fourth-order valence-electron chi connectivity index (χ4n) is 4.49. The number of sulfone groups is 1. The van der Waals surface area contributed by atoms with E-state index in [1.165, 1.54) is 12.1 Å². The van der Waals surface area contributed by atoms with Crippen molar-refractivity contribution < 1.29 is 31.1 Å². The molecule has 0 saturated carbocycles. The first kappa shape index (κ1) is 24.8. The Morgan fingerprint density at radius 1 is 1.16 bits per heavy atom. The van der Waals surface area contributed by atoms with E-state index in [4.69, 9.17) is 0 Å². The van der Waals surface area contributed by atoms with Crippen LogP contribution >= 0.6 is 0 Å². The van der Waals surface area contributed by atoms with Crippen molar-refractivity contribution >= 4 is 26.6 Å². The summed E-state index contributed by atoms with van der Waals surface area (Å²) in [6.07, 6.45) is 3.97. The van der Waals surface area contributed by atoms with Crippen molar-refractivity contribution in [2.75, 3.05) is 11.5 Å². The smallest absolute Gasteiger partial charge is 0.387 e. The summed E-state index contributed by atoms with van der Waals surface area (Å²) in [4.78, 5) is 21.2. The van der Waals surface area contributed by atoms with Crippen LogP contribution in [0.1, 0.15) is 23.7 Å². The van der Waals surface area contributed by atoms with Crippen LogP contribution in [-0.2, 0) is 9.84 Å². The van der Waals surface area contributed by atoms with E-state index in [1.807, 2.05) is 0 Å². The van der Waals surface area contributed by atoms with Gasteiger partial charge in [-0.05, 0) is 43.2 Å². The van der Waals surface area contributed by atoms with Gasteiger partial charge in [0.05, 0.1) is 35.0 Å². The van der Waals surface area contributed by atoms with Gasteiger partial charge in [-0.25, -0.2) is 22.8 Å². The summed E-state index contributed by atoms with van der Waals surface area (Å²) in [7, 11) is -3.22. The Balaban J connectivity index is 1.59. The highest BCUT2D eigenvalue weighted by Crippen LogP contribution is 2.34. The van der Waals surface area contributed by atoms with E-state index < -0.39 is 33.7 Å². The Morgan fingerprint density at radius 2 is 1.92 bits per heavy atom. The van der Waals surface area contributed by atoms with Crippen LogP contribution in [0.15, 0.2) is 61.1 Å². The average Bonchev–Trinajstić information content (AvgIpc) is 3.35. The largest absolute Gasteiger partial charge is 0.435 e. The lowest BCUT2D eigenvalue weighted by Gasteiger charge is -2.24. The van der Waals surface area contributed by atoms with E-state index in [9.17, 15) is 26.4 Å². The Bertz CT molecular complexity index is 1610. The number of amides is 1. The molecule has 2 aromatic heterocycles. The summed E-state index contributed by atoms with van der Waals surface area (Å²) in [5.41, 5.74) is 1.05. The Kier molecular flexibility index (Phi) is 6.14. The van der Waals surface area contributed by atoms with Crippen molar-refractivity contribution in [3.8, 4) is 22.8 Å². The number of alkyl halides is 2. The van der Waals surface area contributed by atoms with E-state index in [2.05, 4.69) is 20.0 Å². The van der Waals surface area contributed by atoms with Gasteiger partial charge in [-0.2, -0.15) is 8.78 Å². The number of halogens is 3. The topological polar surface area (TPSA) is 103 Å². The SMILES string of the molecule is CC1(NC(=O)c2ccc3c(-c4cccc(OC(F)F)c4)cn(-c4ncc(F)cn4)c3c2)CCS(=O)(=O)C1. The number of benzene rings is 2. The fraction of sp³-hybridized carbons (Fsp3) is 0.240. The van der Waals surface area contributed by atoms with E-state index in [0.29, 0.717) is 28.5 Å². The molecule has 3 heterocycles. The van der Waals surface area contributed by atoms with Gasteiger partial charge in [0.25, 0.3) is 5.91 Å². The summed E-state index contributed by atoms with van der Waals surface area (Å²) < 4.78 is 69.0. The van der Waals surface area contributed by atoms with Crippen LogP contribution < -0.4 is 10.1 Å². The van der Waals surface area contributed by atoms with Crippen LogP contribution in [0.4, 0.5) is 13.2 Å². The van der Waals surface area contributed by atoms with Crippen molar-refractivity contribution in [1.29, 1.82) is 0 Å². The first-order valence-corrected chi connectivity index (χ1v) is 13.1. The van der Waals surface area contributed by atoms with Crippen LogP contribution in [0.3, 0.4) is 0 Å². The zero-order valence-electron chi connectivity index (χ0n) is 19.5. The first-order chi connectivity index (χ1) is 17.5. The van der Waals surface area contributed by atoms with Crippen LogP contribution in [0.25, 0.3) is 28.0 Å². The summed E-state index contributed by atoms with van der Waals surface area (Å²) in [6, 6.07) is 11.0. The standard InChI is InChI=1S/C25H21F3N4O4S/c1-25(7-8-37(34,35)14-25)31-22(33)16-5-6-19-20(15-3-2-4-18(9-15)36-23(27)28)13-32(21(19)10-16)24-29-11-17(26)12-30-24/h2-6,9-13,23H,7-8,14H2,1H3,(H,31,33). The molecule has 1 N–H and O–H groups in total. The maximum atomic E-state index is 13.5. The molecule has 2 aromatic carbocycles. The van der Waals surface area contributed by atoms with Gasteiger partial charge in [-0.1, -0.05) is 18.2 Å². The molecular weight excluding hydrogens is 509 g/mol. The molecule has 8 nitrogen and oxygen atoms in total. The number of carbonyl (C=O) groups is 1. The molecule has 5 rings (SSSR count). The number of aromatic nitrogens is 3. The highest BCUT2D eigenvalue weighted by atomic mass is 32.2. The minimum absolute atomic E-state index is 0.00523. The third-order valence-electron chi connectivity index (χ3n) is 6.18. The quantitative estimate of drug-likeness (QED) is 0.402. The molecule has 4 aromatic rings. The second-order valence-electron chi connectivity index (χ2n) is 9.11. The lowest BCUT2D eigenvalue weighted by Crippen LogP contribution is -2.46. The van der Waals surface area contributed by atoms with Gasteiger partial charge in [0.1, 0.15) is 5.75 Å². The molecule has 1 unspecified atom stereocenters. The zero-order valence-corrected chi connectivity index (χ0v) is 20.3.